The molecular formula is C24H20ClN3O4. The summed E-state index contributed by atoms with van der Waals surface area (Å²) in [5.74, 6) is 2.25. The first-order valence-corrected chi connectivity index (χ1v) is 10.4. The number of ketones is 1. The number of amidine groups is 1. The van der Waals surface area contributed by atoms with Crippen LogP contribution in [0.1, 0.15) is 18.7 Å². The van der Waals surface area contributed by atoms with Crippen molar-refractivity contribution in [1.29, 1.82) is 0 Å². The molecule has 5 rings (SSSR count). The van der Waals surface area contributed by atoms with Crippen LogP contribution in [-0.4, -0.2) is 25.5 Å². The highest BCUT2D eigenvalue weighted by Crippen LogP contribution is 2.42. The van der Waals surface area contributed by atoms with Crippen LogP contribution >= 0.6 is 11.6 Å². The highest BCUT2D eigenvalue weighted by molar-refractivity contribution is 6.44. The molecule has 7 nitrogen and oxygen atoms in total. The van der Waals surface area contributed by atoms with E-state index in [9.17, 15) is 4.79 Å². The van der Waals surface area contributed by atoms with Gasteiger partial charge in [0.2, 0.25) is 6.79 Å². The summed E-state index contributed by atoms with van der Waals surface area (Å²) in [4.78, 5) is 14.6. The molecule has 8 heteroatoms. The molecule has 0 fully saturated rings. The lowest BCUT2D eigenvalue weighted by Gasteiger charge is -2.32. The minimum atomic E-state index is -0.432. The lowest BCUT2D eigenvalue weighted by molar-refractivity contribution is -0.111. The van der Waals surface area contributed by atoms with Crippen LogP contribution in [0.15, 0.2) is 71.8 Å². The van der Waals surface area contributed by atoms with Crippen LogP contribution in [-0.2, 0) is 4.79 Å². The third-order valence-corrected chi connectivity index (χ3v) is 5.61. The van der Waals surface area contributed by atoms with E-state index in [4.69, 9.17) is 30.9 Å². The molecule has 0 bridgehead atoms. The van der Waals surface area contributed by atoms with Crippen molar-refractivity contribution in [3.8, 4) is 17.2 Å². The van der Waals surface area contributed by atoms with E-state index < -0.39 is 6.17 Å². The zero-order valence-electron chi connectivity index (χ0n) is 17.5. The van der Waals surface area contributed by atoms with Crippen molar-refractivity contribution in [2.45, 2.75) is 13.1 Å². The first-order valence-electron chi connectivity index (χ1n) is 10.0. The maximum atomic E-state index is 12.6. The number of rotatable bonds is 5. The van der Waals surface area contributed by atoms with E-state index in [1.165, 1.54) is 6.92 Å². The molecule has 1 atom stereocenters. The third kappa shape index (κ3) is 3.50. The maximum Gasteiger partial charge on any atom is 0.231 e. The molecule has 0 saturated carbocycles. The quantitative estimate of drug-likeness (QED) is 0.546. The van der Waals surface area contributed by atoms with Gasteiger partial charge in [-0.3, -0.25) is 9.69 Å². The molecule has 2 aliphatic heterocycles. The third-order valence-electron chi connectivity index (χ3n) is 5.36. The number of carbonyl (C=O) groups excluding carboxylic acids is 1. The van der Waals surface area contributed by atoms with Gasteiger partial charge in [-0.05, 0) is 60.7 Å². The lowest BCUT2D eigenvalue weighted by atomic mass is 10.1. The molecule has 1 unspecified atom stereocenters. The number of halogens is 1. The Hall–Kier alpha value is -3.71. The Morgan fingerprint density at radius 2 is 1.69 bits per heavy atom. The van der Waals surface area contributed by atoms with E-state index in [0.29, 0.717) is 22.4 Å². The molecule has 2 aliphatic rings. The van der Waals surface area contributed by atoms with Gasteiger partial charge in [0.1, 0.15) is 5.75 Å². The first kappa shape index (κ1) is 20.2. The Morgan fingerprint density at radius 1 is 1.00 bits per heavy atom. The second-order valence-corrected chi connectivity index (χ2v) is 7.79. The average molecular weight is 450 g/mol. The summed E-state index contributed by atoms with van der Waals surface area (Å²) in [6.45, 7) is 1.69. The number of fused-ring (bicyclic) bond motifs is 1. The average Bonchev–Trinajstić information content (AvgIpc) is 3.44. The molecule has 2 heterocycles. The molecule has 0 aromatic heterocycles. The van der Waals surface area contributed by atoms with Gasteiger partial charge in [0.05, 0.1) is 12.8 Å². The fourth-order valence-corrected chi connectivity index (χ4v) is 3.96. The molecule has 3 aromatic rings. The fraction of sp³-hybridized carbons (Fsp3) is 0.167. The normalized spacial score (nSPS) is 16.8. The summed E-state index contributed by atoms with van der Waals surface area (Å²) >= 11 is 6.12. The van der Waals surface area contributed by atoms with E-state index in [1.54, 1.807) is 19.2 Å². The zero-order valence-corrected chi connectivity index (χ0v) is 18.2. The number of methoxy groups -OCH3 is 1. The summed E-state index contributed by atoms with van der Waals surface area (Å²) in [7, 11) is 1.62. The molecule has 0 spiro atoms. The maximum absolute atomic E-state index is 12.6. The van der Waals surface area contributed by atoms with Gasteiger partial charge in [-0.1, -0.05) is 17.7 Å². The van der Waals surface area contributed by atoms with E-state index in [-0.39, 0.29) is 12.6 Å². The number of Topliss-reactive ketones (excluding diaryl/α,β-unsaturated/α-hetero) is 1. The van der Waals surface area contributed by atoms with Gasteiger partial charge in [-0.2, -0.15) is 0 Å². The van der Waals surface area contributed by atoms with Crippen molar-refractivity contribution < 1.29 is 19.0 Å². The van der Waals surface area contributed by atoms with Crippen molar-refractivity contribution in [2.75, 3.05) is 23.8 Å². The number of hydrogen-bond acceptors (Lipinski definition) is 7. The van der Waals surface area contributed by atoms with Gasteiger partial charge in [0.25, 0.3) is 0 Å². The van der Waals surface area contributed by atoms with E-state index in [2.05, 4.69) is 0 Å². The largest absolute Gasteiger partial charge is 0.497 e. The Labute approximate surface area is 190 Å². The second kappa shape index (κ2) is 8.09. The zero-order chi connectivity index (χ0) is 22.2. The number of ether oxygens (including phenoxy) is 3. The van der Waals surface area contributed by atoms with Crippen molar-refractivity contribution in [1.82, 2.24) is 0 Å². The van der Waals surface area contributed by atoms with Crippen LogP contribution in [0.3, 0.4) is 0 Å². The van der Waals surface area contributed by atoms with Crippen LogP contribution in [0.4, 0.5) is 11.4 Å². The number of hydrazone groups is 1. The van der Waals surface area contributed by atoms with Gasteiger partial charge in [0, 0.05) is 23.2 Å². The van der Waals surface area contributed by atoms with Crippen molar-refractivity contribution >= 4 is 34.6 Å². The Morgan fingerprint density at radius 3 is 2.38 bits per heavy atom. The van der Waals surface area contributed by atoms with Crippen LogP contribution in [0, 0.1) is 0 Å². The number of carbonyl (C=O) groups is 1. The predicted molar refractivity (Wildman–Crippen MR) is 123 cm³/mol. The molecule has 162 valence electrons. The number of benzene rings is 3. The molecule has 32 heavy (non-hydrogen) atoms. The molecule has 0 aliphatic carbocycles. The topological polar surface area (TPSA) is 63.6 Å². The van der Waals surface area contributed by atoms with Crippen LogP contribution in [0.2, 0.25) is 5.02 Å². The molecule has 0 N–H and O–H groups in total. The number of hydrogen-bond donors (Lipinski definition) is 0. The van der Waals surface area contributed by atoms with Crippen molar-refractivity contribution in [3.05, 3.63) is 77.3 Å². The first-order chi connectivity index (χ1) is 15.5. The minimum absolute atomic E-state index is 0.151. The monoisotopic (exact) mass is 449 g/mol. The smallest absolute Gasteiger partial charge is 0.231 e. The minimum Gasteiger partial charge on any atom is -0.497 e. The molecule has 0 radical (unpaired) electrons. The summed E-state index contributed by atoms with van der Waals surface area (Å²) in [5, 5.41) is 7.16. The molecular weight excluding hydrogens is 430 g/mol. The van der Waals surface area contributed by atoms with E-state index in [0.717, 1.165) is 22.7 Å². The van der Waals surface area contributed by atoms with Gasteiger partial charge < -0.3 is 14.2 Å². The Kier molecular flexibility index (Phi) is 5.11. The van der Waals surface area contributed by atoms with Crippen LogP contribution < -0.4 is 24.1 Å². The number of nitrogens with zero attached hydrogens (tertiary/aromatic N) is 3. The lowest BCUT2D eigenvalue weighted by Crippen LogP contribution is -2.37. The van der Waals surface area contributed by atoms with E-state index in [1.807, 2.05) is 64.5 Å². The van der Waals surface area contributed by atoms with Gasteiger partial charge >= 0.3 is 0 Å². The van der Waals surface area contributed by atoms with Gasteiger partial charge in [-0.15, -0.1) is 5.10 Å². The highest BCUT2D eigenvalue weighted by Gasteiger charge is 2.39. The number of anilines is 2. The SMILES string of the molecule is COc1ccc(N2N=C(C(C)=O)N(c3ccc(Cl)cc3)C2c2ccc3c(c2)OCO3)cc1. The summed E-state index contributed by atoms with van der Waals surface area (Å²) in [6, 6.07) is 20.6. The fourth-order valence-electron chi connectivity index (χ4n) is 3.83. The standard InChI is InChI=1S/C24H20ClN3O4/c1-15(29)23-26-28(19-8-10-20(30-2)11-9-19)24(27(23)18-6-4-17(25)5-7-18)16-3-12-21-22(13-16)32-14-31-21/h3-13,24H,14H2,1-2H3. The molecule has 0 saturated heterocycles. The summed E-state index contributed by atoms with van der Waals surface area (Å²) in [6.07, 6.45) is -0.432. The van der Waals surface area contributed by atoms with Crippen LogP contribution in [0.5, 0.6) is 17.2 Å². The summed E-state index contributed by atoms with van der Waals surface area (Å²) in [5.41, 5.74) is 2.49. The second-order valence-electron chi connectivity index (χ2n) is 7.36. The van der Waals surface area contributed by atoms with Crippen molar-refractivity contribution in [2.24, 2.45) is 5.10 Å². The molecule has 3 aromatic carbocycles. The van der Waals surface area contributed by atoms with Crippen LogP contribution in [0.25, 0.3) is 0 Å². The predicted octanol–water partition coefficient (Wildman–Crippen LogP) is 5.01. The van der Waals surface area contributed by atoms with E-state index >= 15 is 0 Å². The van der Waals surface area contributed by atoms with Crippen molar-refractivity contribution in [3.63, 3.8) is 0 Å². The Balaban J connectivity index is 1.66. The molecule has 0 amide bonds. The highest BCUT2D eigenvalue weighted by atomic mass is 35.5. The Bertz CT molecular complexity index is 1190. The summed E-state index contributed by atoms with van der Waals surface area (Å²) < 4.78 is 16.4. The van der Waals surface area contributed by atoms with Gasteiger partial charge in [0.15, 0.2) is 29.3 Å². The van der Waals surface area contributed by atoms with Gasteiger partial charge in [-0.25, -0.2) is 5.01 Å².